The molecule has 1 aliphatic heterocycles. The van der Waals surface area contributed by atoms with Crippen LogP contribution in [-0.2, 0) is 11.8 Å². The molecule has 3 aromatic carbocycles. The number of phenolic OH excluding ortho intramolecular Hbond substituents is 1. The van der Waals surface area contributed by atoms with Crippen molar-refractivity contribution >= 4 is 10.8 Å². The topological polar surface area (TPSA) is 90.2 Å². The molecule has 6 rings (SSSR count). The van der Waals surface area contributed by atoms with Crippen molar-refractivity contribution in [2.24, 2.45) is 11.3 Å². The molecule has 1 fully saturated rings. The van der Waals surface area contributed by atoms with Gasteiger partial charge in [-0.25, -0.2) is 0 Å². The molecule has 2 aliphatic carbocycles. The Hall–Kier alpha value is -2.60. The second-order valence-corrected chi connectivity index (χ2v) is 16.1. The van der Waals surface area contributed by atoms with E-state index in [-0.39, 0.29) is 53.8 Å². The summed E-state index contributed by atoms with van der Waals surface area (Å²) in [5.74, 6) is 1.84. The number of rotatable bonds is 8. The normalized spacial score (nSPS) is 28.4. The molecule has 2 unspecified atom stereocenters. The largest absolute Gasteiger partial charge is 0.508 e. The third-order valence-corrected chi connectivity index (χ3v) is 12.0. The Morgan fingerprint density at radius 1 is 1.00 bits per heavy atom. The number of hydrogen-bond donors (Lipinski definition) is 4. The fourth-order valence-electron chi connectivity index (χ4n) is 9.59. The molecule has 6 atom stereocenters. The van der Waals surface area contributed by atoms with E-state index in [1.165, 1.54) is 44.2 Å². The maximum Gasteiger partial charge on any atom is 0.127 e. The average Bonchev–Trinajstić information content (AvgIpc) is 3.37. The van der Waals surface area contributed by atoms with Crippen molar-refractivity contribution in [2.45, 2.75) is 129 Å². The zero-order valence-electron chi connectivity index (χ0n) is 28.6. The molecule has 0 saturated heterocycles. The van der Waals surface area contributed by atoms with Gasteiger partial charge in [0.15, 0.2) is 0 Å². The first kappa shape index (κ1) is 32.3. The zero-order valence-corrected chi connectivity index (χ0v) is 28.6. The quantitative estimate of drug-likeness (QED) is 0.206. The van der Waals surface area contributed by atoms with Crippen molar-refractivity contribution in [1.82, 2.24) is 0 Å². The van der Waals surface area contributed by atoms with Crippen molar-refractivity contribution in [3.8, 4) is 11.5 Å². The number of ether oxygens (including phenoxy) is 1. The summed E-state index contributed by atoms with van der Waals surface area (Å²) >= 11 is 0. The average molecular weight is 615 g/mol. The molecule has 45 heavy (non-hydrogen) atoms. The van der Waals surface area contributed by atoms with E-state index in [4.69, 9.17) is 4.74 Å². The molecule has 0 amide bonds. The summed E-state index contributed by atoms with van der Waals surface area (Å²) in [7, 11) is 0. The first-order chi connectivity index (χ1) is 21.2. The number of phenols is 1. The SMILES string of the molecule is Cc1ccc2cc(C(C)C)c3c(c2c1CCCC(C)(O)CO)[C@H]1c2cc(C(C)C)c(O)cc2[C@@]2(C)CCC[C@](C)(CO)C2[C@H]1O3. The summed E-state index contributed by atoms with van der Waals surface area (Å²) in [5, 5.41) is 45.1. The Kier molecular flexibility index (Phi) is 8.11. The molecule has 0 spiro atoms. The fraction of sp³-hybridized carbons (Fsp3) is 0.600. The first-order valence-electron chi connectivity index (χ1n) is 17.2. The highest BCUT2D eigenvalue weighted by atomic mass is 16.5. The lowest BCUT2D eigenvalue weighted by molar-refractivity contribution is -0.0740. The Balaban J connectivity index is 1.67. The number of fused-ring (bicyclic) bond motifs is 10. The maximum absolute atomic E-state index is 11.4. The molecule has 5 heteroatoms. The van der Waals surface area contributed by atoms with Gasteiger partial charge in [0, 0.05) is 18.1 Å². The molecule has 4 N–H and O–H groups in total. The van der Waals surface area contributed by atoms with Gasteiger partial charge < -0.3 is 25.2 Å². The van der Waals surface area contributed by atoms with Gasteiger partial charge >= 0.3 is 0 Å². The Labute approximate surface area is 269 Å². The van der Waals surface area contributed by atoms with Crippen LogP contribution in [0.1, 0.15) is 137 Å². The molecule has 3 aromatic rings. The predicted molar refractivity (Wildman–Crippen MR) is 182 cm³/mol. The van der Waals surface area contributed by atoms with Crippen LogP contribution in [0.5, 0.6) is 11.5 Å². The smallest absolute Gasteiger partial charge is 0.127 e. The molecule has 5 nitrogen and oxygen atoms in total. The molecule has 1 heterocycles. The lowest BCUT2D eigenvalue weighted by atomic mass is 9.47. The molecule has 244 valence electrons. The number of benzene rings is 3. The van der Waals surface area contributed by atoms with Gasteiger partial charge in [-0.3, -0.25) is 0 Å². The highest BCUT2D eigenvalue weighted by Crippen LogP contribution is 2.66. The van der Waals surface area contributed by atoms with E-state index in [2.05, 4.69) is 78.8 Å². The van der Waals surface area contributed by atoms with Crippen LogP contribution in [0.25, 0.3) is 10.8 Å². The molecular weight excluding hydrogens is 560 g/mol. The second-order valence-electron chi connectivity index (χ2n) is 16.1. The molecular formula is C40H54O5. The highest BCUT2D eigenvalue weighted by Gasteiger charge is 2.62. The van der Waals surface area contributed by atoms with E-state index in [1.807, 2.05) is 0 Å². The molecule has 3 aliphatic rings. The first-order valence-corrected chi connectivity index (χ1v) is 17.2. The summed E-state index contributed by atoms with van der Waals surface area (Å²) in [4.78, 5) is 0. The lowest BCUT2D eigenvalue weighted by Crippen LogP contribution is -2.58. The summed E-state index contributed by atoms with van der Waals surface area (Å²) < 4.78 is 7.36. The maximum atomic E-state index is 11.4. The van der Waals surface area contributed by atoms with Gasteiger partial charge in [0.05, 0.1) is 18.1 Å². The van der Waals surface area contributed by atoms with Crippen LogP contribution in [0.3, 0.4) is 0 Å². The highest BCUT2D eigenvalue weighted by molar-refractivity contribution is 5.95. The minimum absolute atomic E-state index is 0.0301. The van der Waals surface area contributed by atoms with Gasteiger partial charge in [-0.05, 0) is 125 Å². The van der Waals surface area contributed by atoms with E-state index in [0.29, 0.717) is 12.2 Å². The number of aromatic hydroxyl groups is 1. The predicted octanol–water partition coefficient (Wildman–Crippen LogP) is 8.13. The Bertz CT molecular complexity index is 1620. The van der Waals surface area contributed by atoms with Crippen LogP contribution in [0.2, 0.25) is 0 Å². The number of aliphatic hydroxyl groups is 3. The van der Waals surface area contributed by atoms with E-state index in [0.717, 1.165) is 43.4 Å². The standard InChI is InChI=1S/C40H54O5/c1-22(2)27-18-29-30(19-31(27)43)40(8)16-10-14-38(6,20-41)37(40)36-33(29)34-32-25(17-28(23(3)4)35(34)45-36)13-12-24(5)26(32)11-9-15-39(7,44)21-42/h12-13,17-19,22-23,33,36-37,41-44H,9-11,14-16,20-21H2,1-8H3/t33-,36+,37?,38-,39?,40-/m1/s1. The number of hydrogen-bond acceptors (Lipinski definition) is 5. The van der Waals surface area contributed by atoms with Gasteiger partial charge in [-0.1, -0.05) is 66.2 Å². The Morgan fingerprint density at radius 2 is 1.71 bits per heavy atom. The van der Waals surface area contributed by atoms with Gasteiger partial charge in [0.1, 0.15) is 17.6 Å². The van der Waals surface area contributed by atoms with Crippen molar-refractivity contribution in [3.63, 3.8) is 0 Å². The summed E-state index contributed by atoms with van der Waals surface area (Å²) in [5.41, 5.74) is 6.76. The molecule has 0 aromatic heterocycles. The summed E-state index contributed by atoms with van der Waals surface area (Å²) in [6.07, 6.45) is 4.91. The van der Waals surface area contributed by atoms with Crippen LogP contribution >= 0.6 is 0 Å². The van der Waals surface area contributed by atoms with Gasteiger partial charge in [-0.15, -0.1) is 0 Å². The van der Waals surface area contributed by atoms with Gasteiger partial charge in [-0.2, -0.15) is 0 Å². The van der Waals surface area contributed by atoms with E-state index in [9.17, 15) is 20.4 Å². The third-order valence-electron chi connectivity index (χ3n) is 12.0. The second kappa shape index (κ2) is 11.3. The van der Waals surface area contributed by atoms with Crippen LogP contribution in [0, 0.1) is 18.3 Å². The molecule has 0 bridgehead atoms. The number of aryl methyl sites for hydroxylation is 2. The summed E-state index contributed by atoms with van der Waals surface area (Å²) in [6.45, 7) is 17.1. The van der Waals surface area contributed by atoms with Gasteiger partial charge in [0.25, 0.3) is 0 Å². The van der Waals surface area contributed by atoms with Crippen molar-refractivity contribution < 1.29 is 25.2 Å². The lowest BCUT2D eigenvalue weighted by Gasteiger charge is -2.58. The molecule has 1 saturated carbocycles. The van der Waals surface area contributed by atoms with Crippen LogP contribution in [-0.4, -0.2) is 45.3 Å². The van der Waals surface area contributed by atoms with E-state index < -0.39 is 5.60 Å². The van der Waals surface area contributed by atoms with Crippen LogP contribution in [0.15, 0.2) is 30.3 Å². The van der Waals surface area contributed by atoms with E-state index in [1.54, 1.807) is 6.92 Å². The van der Waals surface area contributed by atoms with Crippen molar-refractivity contribution in [1.29, 1.82) is 0 Å². The number of aliphatic hydroxyl groups excluding tert-OH is 2. The van der Waals surface area contributed by atoms with E-state index >= 15 is 0 Å². The Morgan fingerprint density at radius 3 is 2.36 bits per heavy atom. The monoisotopic (exact) mass is 614 g/mol. The van der Waals surface area contributed by atoms with Crippen molar-refractivity contribution in [2.75, 3.05) is 13.2 Å². The van der Waals surface area contributed by atoms with Crippen LogP contribution in [0.4, 0.5) is 0 Å². The minimum atomic E-state index is -1.10. The van der Waals surface area contributed by atoms with Crippen LogP contribution < -0.4 is 4.74 Å². The minimum Gasteiger partial charge on any atom is -0.508 e. The zero-order chi connectivity index (χ0) is 32.6. The van der Waals surface area contributed by atoms with Gasteiger partial charge in [0.2, 0.25) is 0 Å². The molecule has 0 radical (unpaired) electrons. The van der Waals surface area contributed by atoms with Crippen molar-refractivity contribution in [3.05, 3.63) is 69.3 Å². The third kappa shape index (κ3) is 5.00. The fourth-order valence-corrected chi connectivity index (χ4v) is 9.59. The summed E-state index contributed by atoms with van der Waals surface area (Å²) in [6, 6.07) is 11.1.